The summed E-state index contributed by atoms with van der Waals surface area (Å²) in [4.78, 5) is 22.8. The number of benzene rings is 3. The Morgan fingerprint density at radius 1 is 0.569 bits per heavy atom. The maximum Gasteiger partial charge on any atom is 0.0899 e. The Morgan fingerprint density at radius 3 is 2.00 bits per heavy atom. The molecule has 4 nitrogen and oxygen atoms in total. The van der Waals surface area contributed by atoms with Gasteiger partial charge in [-0.15, -0.1) is 0 Å². The van der Waals surface area contributed by atoms with Crippen LogP contribution in [0, 0.1) is 11.8 Å². The monoisotopic (exact) mass is 934 g/mol. The minimum Gasteiger partial charge on any atom is -0.276 e. The number of pyridine rings is 1. The fourth-order valence-electron chi connectivity index (χ4n) is 13.0. The van der Waals surface area contributed by atoms with Crippen LogP contribution < -0.4 is 0 Å². The molecule has 0 saturated carbocycles. The van der Waals surface area contributed by atoms with Crippen LogP contribution in [0.25, 0.3) is 27.9 Å². The molecule has 0 bridgehead atoms. The first kappa shape index (κ1) is 44.6. The van der Waals surface area contributed by atoms with E-state index in [1.54, 1.807) is 0 Å². The lowest BCUT2D eigenvalue weighted by Crippen LogP contribution is -2.27. The number of aliphatic imine (C=N–C) groups is 1. The number of fused-ring (bicyclic) bond motifs is 5. The molecule has 4 atom stereocenters. The second-order valence-electron chi connectivity index (χ2n) is 22.2. The SMILES string of the molecule is CC1(C)C2=C(c3nc4c(nc31)C1=C(c3ccccc3)C=C(c3cc(C5=CCCC=C5)nc(C5C=CC=CC5)c3)CC1C4(C)C)C(C1=CCCC=C1)CC(C1=CC(c3ccccc3)=NC(c3ccccc3)C1)=C2. The van der Waals surface area contributed by atoms with E-state index in [-0.39, 0.29) is 34.6 Å². The zero-order chi connectivity index (χ0) is 48.6. The highest BCUT2D eigenvalue weighted by molar-refractivity contribution is 6.10. The summed E-state index contributed by atoms with van der Waals surface area (Å²) in [5.74, 6) is 0.594. The van der Waals surface area contributed by atoms with E-state index >= 15 is 0 Å². The number of hydrogen-bond donors (Lipinski definition) is 0. The second kappa shape index (κ2) is 17.8. The van der Waals surface area contributed by atoms with Gasteiger partial charge < -0.3 is 0 Å². The van der Waals surface area contributed by atoms with Crippen LogP contribution in [0.1, 0.15) is 147 Å². The Morgan fingerprint density at radius 2 is 1.28 bits per heavy atom. The highest BCUT2D eigenvalue weighted by atomic mass is 14.9. The summed E-state index contributed by atoms with van der Waals surface area (Å²) in [6.07, 6.45) is 38.5. The molecule has 0 saturated heterocycles. The fourth-order valence-corrected chi connectivity index (χ4v) is 13.0. The first-order chi connectivity index (χ1) is 35.2. The predicted octanol–water partition coefficient (Wildman–Crippen LogP) is 16.3. The van der Waals surface area contributed by atoms with E-state index in [2.05, 4.69) is 210 Å². The molecule has 4 unspecified atom stereocenters. The fraction of sp³-hybridized carbons (Fsp3) is 0.265. The average Bonchev–Trinajstić information content (AvgIpc) is 3.81. The van der Waals surface area contributed by atoms with Crippen molar-refractivity contribution < 1.29 is 0 Å². The Kier molecular flexibility index (Phi) is 11.0. The largest absolute Gasteiger partial charge is 0.276 e. The molecule has 8 aliphatic rings. The molecule has 0 radical (unpaired) electrons. The van der Waals surface area contributed by atoms with Crippen LogP contribution in [0.4, 0.5) is 0 Å². The van der Waals surface area contributed by atoms with Crippen molar-refractivity contribution in [2.75, 3.05) is 0 Å². The zero-order valence-corrected chi connectivity index (χ0v) is 42.1. The molecule has 0 fully saturated rings. The number of rotatable bonds is 8. The van der Waals surface area contributed by atoms with E-state index in [9.17, 15) is 0 Å². The van der Waals surface area contributed by atoms with Gasteiger partial charge in [0.2, 0.25) is 0 Å². The molecule has 5 aromatic rings. The molecule has 0 spiro atoms. The summed E-state index contributed by atoms with van der Waals surface area (Å²) in [6, 6.07) is 37.5. The first-order valence-corrected chi connectivity index (χ1v) is 26.6. The maximum atomic E-state index is 6.02. The topological polar surface area (TPSA) is 51.0 Å². The molecule has 13 rings (SSSR count). The number of allylic oxidation sites excluding steroid dienone is 21. The van der Waals surface area contributed by atoms with Gasteiger partial charge >= 0.3 is 0 Å². The first-order valence-electron chi connectivity index (χ1n) is 26.6. The Hall–Kier alpha value is -7.30. The van der Waals surface area contributed by atoms with Crippen molar-refractivity contribution in [1.29, 1.82) is 0 Å². The van der Waals surface area contributed by atoms with E-state index in [0.29, 0.717) is 0 Å². The summed E-state index contributed by atoms with van der Waals surface area (Å²) in [6.45, 7) is 9.70. The summed E-state index contributed by atoms with van der Waals surface area (Å²) in [5, 5.41) is 0. The Balaban J connectivity index is 0.959. The second-order valence-corrected chi connectivity index (χ2v) is 22.2. The zero-order valence-electron chi connectivity index (χ0n) is 42.1. The molecule has 354 valence electrons. The van der Waals surface area contributed by atoms with Gasteiger partial charge in [-0.3, -0.25) is 9.98 Å². The minimum atomic E-state index is -0.375. The molecule has 3 heterocycles. The third kappa shape index (κ3) is 7.64. The minimum absolute atomic E-state index is 0.0397. The summed E-state index contributed by atoms with van der Waals surface area (Å²) < 4.78 is 0. The van der Waals surface area contributed by atoms with E-state index in [1.807, 2.05) is 0 Å². The van der Waals surface area contributed by atoms with Crippen LogP contribution in [-0.4, -0.2) is 20.7 Å². The number of nitrogens with zero attached hydrogens (tertiary/aromatic N) is 4. The standard InChI is InChI=1S/C68H62N4/c1-67(2)55-37-49(51-39-57(45-27-15-7-16-28-45)69-58(40-51)46-29-17-8-18-30-46)35-53(43-23-11-5-12-24-43)61(55)63-65(67)71-64-62-54(44-25-13-6-14-26-44)36-50(38-56(62)68(3,4)66(64)72-63)52-41-59(47-31-19-9-20-32-47)70-60(42-52)48-33-21-10-22-34-48/h5,7,9-13,15-17,19-27,29-35,38-41,45,54-55,60H,6,8,14,18,28,36-37,42H2,1-4H3. The lowest BCUT2D eigenvalue weighted by atomic mass is 9.70. The van der Waals surface area contributed by atoms with Crippen LogP contribution in [-0.2, 0) is 10.8 Å². The van der Waals surface area contributed by atoms with Gasteiger partial charge in [-0.05, 0) is 142 Å². The van der Waals surface area contributed by atoms with Crippen molar-refractivity contribution in [3.63, 3.8) is 0 Å². The summed E-state index contributed by atoms with van der Waals surface area (Å²) >= 11 is 0. The quantitative estimate of drug-likeness (QED) is 0.156. The van der Waals surface area contributed by atoms with Gasteiger partial charge in [0.25, 0.3) is 0 Å². The molecule has 0 amide bonds. The molecular weight excluding hydrogens is 873 g/mol. The number of aromatic nitrogens is 3. The molecule has 3 aromatic carbocycles. The number of hydrogen-bond acceptors (Lipinski definition) is 4. The van der Waals surface area contributed by atoms with E-state index in [0.717, 1.165) is 96.8 Å². The van der Waals surface area contributed by atoms with Gasteiger partial charge in [0.15, 0.2) is 0 Å². The van der Waals surface area contributed by atoms with Crippen LogP contribution in [0.5, 0.6) is 0 Å². The normalized spacial score (nSPS) is 24.3. The maximum absolute atomic E-state index is 6.02. The van der Waals surface area contributed by atoms with Gasteiger partial charge in [0, 0.05) is 34.3 Å². The lowest BCUT2D eigenvalue weighted by Gasteiger charge is -2.33. The van der Waals surface area contributed by atoms with Gasteiger partial charge in [-0.1, -0.05) is 192 Å². The van der Waals surface area contributed by atoms with Gasteiger partial charge in [-0.2, -0.15) is 0 Å². The Labute approximate surface area is 426 Å². The van der Waals surface area contributed by atoms with Crippen molar-refractivity contribution >= 4 is 33.6 Å². The van der Waals surface area contributed by atoms with Crippen molar-refractivity contribution in [3.05, 3.63) is 261 Å². The van der Waals surface area contributed by atoms with E-state index in [4.69, 9.17) is 19.9 Å². The molecule has 0 N–H and O–H groups in total. The molecule has 7 aliphatic carbocycles. The van der Waals surface area contributed by atoms with Crippen molar-refractivity contribution in [2.24, 2.45) is 16.8 Å². The molecule has 1 aliphatic heterocycles. The van der Waals surface area contributed by atoms with Gasteiger partial charge in [0.1, 0.15) is 0 Å². The molecule has 2 aromatic heterocycles. The summed E-state index contributed by atoms with van der Waals surface area (Å²) in [7, 11) is 0. The molecular formula is C68H62N4. The third-order valence-corrected chi connectivity index (χ3v) is 17.0. The Bertz CT molecular complexity index is 3450. The van der Waals surface area contributed by atoms with Crippen LogP contribution >= 0.6 is 0 Å². The smallest absolute Gasteiger partial charge is 0.0899 e. The van der Waals surface area contributed by atoms with Crippen LogP contribution in [0.15, 0.2) is 209 Å². The number of dihydropyridines is 1. The van der Waals surface area contributed by atoms with Crippen LogP contribution in [0.2, 0.25) is 0 Å². The molecule has 72 heavy (non-hydrogen) atoms. The molecule has 4 heteroatoms. The lowest BCUT2D eigenvalue weighted by molar-refractivity contribution is 0.408. The third-order valence-electron chi connectivity index (χ3n) is 17.0. The van der Waals surface area contributed by atoms with Crippen molar-refractivity contribution in [1.82, 2.24) is 15.0 Å². The average molecular weight is 935 g/mol. The predicted molar refractivity (Wildman–Crippen MR) is 298 cm³/mol. The summed E-state index contributed by atoms with van der Waals surface area (Å²) in [5.41, 5.74) is 24.1. The van der Waals surface area contributed by atoms with Gasteiger partial charge in [0.05, 0.1) is 40.2 Å². The highest BCUT2D eigenvalue weighted by Gasteiger charge is 2.52. The van der Waals surface area contributed by atoms with Crippen LogP contribution in [0.3, 0.4) is 0 Å². The van der Waals surface area contributed by atoms with Crippen molar-refractivity contribution in [2.45, 2.75) is 102 Å². The highest BCUT2D eigenvalue weighted by Crippen LogP contribution is 2.61. The van der Waals surface area contributed by atoms with Crippen molar-refractivity contribution in [3.8, 4) is 0 Å². The van der Waals surface area contributed by atoms with Gasteiger partial charge in [-0.25, -0.2) is 9.97 Å². The van der Waals surface area contributed by atoms with E-state index < -0.39 is 0 Å². The van der Waals surface area contributed by atoms with E-state index in [1.165, 1.54) is 66.8 Å².